The summed E-state index contributed by atoms with van der Waals surface area (Å²) >= 11 is 0. The highest BCUT2D eigenvalue weighted by Gasteiger charge is 2.30. The number of nitro groups is 1. The highest BCUT2D eigenvalue weighted by Crippen LogP contribution is 2.30. The molecule has 1 saturated heterocycles. The summed E-state index contributed by atoms with van der Waals surface area (Å²) in [4.78, 5) is 18.9. The number of nitrogens with one attached hydrogen (secondary N) is 2. The lowest BCUT2D eigenvalue weighted by molar-refractivity contribution is -0.384. The lowest BCUT2D eigenvalue weighted by Gasteiger charge is -2.29. The van der Waals surface area contributed by atoms with Gasteiger partial charge in [0.05, 0.1) is 16.0 Å². The first-order valence-electron chi connectivity index (χ1n) is 9.40. The Kier molecular flexibility index (Phi) is 6.60. The van der Waals surface area contributed by atoms with Crippen molar-refractivity contribution in [2.45, 2.75) is 24.7 Å². The van der Waals surface area contributed by atoms with Gasteiger partial charge in [-0.2, -0.15) is 4.31 Å². The largest absolute Gasteiger partial charge is 0.378 e. The van der Waals surface area contributed by atoms with Crippen LogP contribution in [0.25, 0.3) is 0 Å². The highest BCUT2D eigenvalue weighted by molar-refractivity contribution is 7.89. The molecule has 0 spiro atoms. The number of piperidine rings is 1. The fourth-order valence-electron chi connectivity index (χ4n) is 3.12. The van der Waals surface area contributed by atoms with Crippen LogP contribution in [0.3, 0.4) is 0 Å². The molecule has 0 atom stereocenters. The van der Waals surface area contributed by atoms with Gasteiger partial charge in [0.25, 0.3) is 5.69 Å². The van der Waals surface area contributed by atoms with Crippen LogP contribution in [-0.4, -0.2) is 53.8 Å². The van der Waals surface area contributed by atoms with Gasteiger partial charge in [0.2, 0.25) is 10.0 Å². The third kappa shape index (κ3) is 5.18. The summed E-state index contributed by atoms with van der Waals surface area (Å²) in [7, 11) is -3.75. The normalized spacial score (nSPS) is 15.8. The number of hydrogen-bond donors (Lipinski definition) is 2. The number of sulfonamides is 1. The van der Waals surface area contributed by atoms with Crippen LogP contribution in [0.15, 0.2) is 41.7 Å². The first-order valence-corrected chi connectivity index (χ1v) is 10.8. The third-order valence-electron chi connectivity index (χ3n) is 4.86. The predicted octanol–water partition coefficient (Wildman–Crippen LogP) is 2.33. The van der Waals surface area contributed by atoms with E-state index >= 15 is 0 Å². The van der Waals surface area contributed by atoms with Crippen LogP contribution in [0, 0.1) is 16.0 Å². The third-order valence-corrected chi connectivity index (χ3v) is 6.75. The Hall–Kier alpha value is -2.79. The van der Waals surface area contributed by atoms with Gasteiger partial charge in [-0.1, -0.05) is 6.92 Å². The topological polar surface area (TPSA) is 130 Å². The van der Waals surface area contributed by atoms with Crippen molar-refractivity contribution in [3.05, 3.63) is 46.9 Å². The van der Waals surface area contributed by atoms with Crippen LogP contribution < -0.4 is 10.6 Å². The zero-order valence-electron chi connectivity index (χ0n) is 16.1. The van der Waals surface area contributed by atoms with Crippen molar-refractivity contribution in [3.8, 4) is 0 Å². The lowest BCUT2D eigenvalue weighted by atomic mass is 10.0. The summed E-state index contributed by atoms with van der Waals surface area (Å²) in [5, 5.41) is 17.5. The Morgan fingerprint density at radius 2 is 1.93 bits per heavy atom. The van der Waals surface area contributed by atoms with Gasteiger partial charge in [0, 0.05) is 44.6 Å². The van der Waals surface area contributed by atoms with Gasteiger partial charge in [-0.25, -0.2) is 13.4 Å². The average Bonchev–Trinajstić information content (AvgIpc) is 2.72. The van der Waals surface area contributed by atoms with E-state index in [-0.39, 0.29) is 16.3 Å². The number of benzene rings is 1. The molecule has 156 valence electrons. The van der Waals surface area contributed by atoms with Gasteiger partial charge in [-0.05, 0) is 30.9 Å². The van der Waals surface area contributed by atoms with Gasteiger partial charge in [0.1, 0.15) is 11.5 Å². The van der Waals surface area contributed by atoms with E-state index in [0.717, 1.165) is 18.9 Å². The summed E-state index contributed by atoms with van der Waals surface area (Å²) in [5.74, 6) is 1.08. The van der Waals surface area contributed by atoms with E-state index in [4.69, 9.17) is 0 Å². The molecule has 1 aromatic heterocycles. The van der Waals surface area contributed by atoms with Gasteiger partial charge >= 0.3 is 0 Å². The van der Waals surface area contributed by atoms with Crippen molar-refractivity contribution < 1.29 is 13.3 Å². The Bertz CT molecular complexity index is 946. The monoisotopic (exact) mass is 420 g/mol. The highest BCUT2D eigenvalue weighted by atomic mass is 32.2. The second-order valence-electron chi connectivity index (χ2n) is 6.97. The van der Waals surface area contributed by atoms with Crippen molar-refractivity contribution in [1.29, 1.82) is 0 Å². The van der Waals surface area contributed by atoms with Crippen molar-refractivity contribution in [2.24, 2.45) is 5.92 Å². The van der Waals surface area contributed by atoms with Crippen LogP contribution in [0.4, 0.5) is 17.2 Å². The minimum atomic E-state index is -3.75. The first kappa shape index (κ1) is 20.9. The zero-order valence-corrected chi connectivity index (χ0v) is 16.9. The van der Waals surface area contributed by atoms with Crippen LogP contribution in [0.2, 0.25) is 0 Å². The molecule has 29 heavy (non-hydrogen) atoms. The van der Waals surface area contributed by atoms with E-state index in [9.17, 15) is 18.5 Å². The molecule has 2 heterocycles. The number of nitrogens with zero attached hydrogens (tertiary/aromatic N) is 4. The molecule has 0 unspecified atom stereocenters. The van der Waals surface area contributed by atoms with Gasteiger partial charge in [-0.3, -0.25) is 15.1 Å². The molecule has 0 radical (unpaired) electrons. The summed E-state index contributed by atoms with van der Waals surface area (Å²) in [6.45, 7) is 3.81. The maximum atomic E-state index is 12.9. The van der Waals surface area contributed by atoms with Gasteiger partial charge in [-0.15, -0.1) is 0 Å². The van der Waals surface area contributed by atoms with Crippen LogP contribution in [0.5, 0.6) is 0 Å². The standard InChI is InChI=1S/C18H24N6O4S/c1-14-4-10-23(11-5-14)29(27,28)15-2-3-16(17(12-15)24(25)26)20-8-9-22-18-13-19-6-7-21-18/h2-3,6-7,12-14,20H,4-5,8-11H2,1H3,(H,21,22). The van der Waals surface area contributed by atoms with Crippen LogP contribution in [0.1, 0.15) is 19.8 Å². The second-order valence-corrected chi connectivity index (χ2v) is 8.90. The molecule has 1 aliphatic rings. The van der Waals surface area contributed by atoms with Crippen molar-refractivity contribution in [3.63, 3.8) is 0 Å². The molecule has 0 saturated carbocycles. The fourth-order valence-corrected chi connectivity index (χ4v) is 4.62. The number of aromatic nitrogens is 2. The van der Waals surface area contributed by atoms with Crippen LogP contribution >= 0.6 is 0 Å². The van der Waals surface area contributed by atoms with Crippen LogP contribution in [-0.2, 0) is 10.0 Å². The minimum Gasteiger partial charge on any atom is -0.378 e. The van der Waals surface area contributed by atoms with Crippen molar-refractivity contribution >= 4 is 27.2 Å². The van der Waals surface area contributed by atoms with Crippen molar-refractivity contribution in [1.82, 2.24) is 14.3 Å². The van der Waals surface area contributed by atoms with Gasteiger partial charge in [0.15, 0.2) is 0 Å². The van der Waals surface area contributed by atoms with Crippen molar-refractivity contribution in [2.75, 3.05) is 36.8 Å². The van der Waals surface area contributed by atoms with E-state index < -0.39 is 14.9 Å². The first-order chi connectivity index (χ1) is 13.9. The summed E-state index contributed by atoms with van der Waals surface area (Å²) in [5.41, 5.74) is -0.00174. The molecule has 0 amide bonds. The van der Waals surface area contributed by atoms with E-state index in [1.807, 2.05) is 0 Å². The fraction of sp³-hybridized carbons (Fsp3) is 0.444. The number of anilines is 2. The van der Waals surface area contributed by atoms with E-state index in [1.54, 1.807) is 18.6 Å². The Labute approximate surface area is 169 Å². The van der Waals surface area contributed by atoms with E-state index in [2.05, 4.69) is 27.5 Å². The average molecular weight is 420 g/mol. The predicted molar refractivity (Wildman–Crippen MR) is 109 cm³/mol. The molecule has 1 aliphatic heterocycles. The minimum absolute atomic E-state index is 0.0537. The number of hydrogen-bond acceptors (Lipinski definition) is 8. The number of nitro benzene ring substituents is 1. The Morgan fingerprint density at radius 3 is 2.59 bits per heavy atom. The number of rotatable bonds is 8. The molecule has 0 bridgehead atoms. The molecular weight excluding hydrogens is 396 g/mol. The zero-order chi connectivity index (χ0) is 20.9. The lowest BCUT2D eigenvalue weighted by Crippen LogP contribution is -2.37. The summed E-state index contributed by atoms with van der Waals surface area (Å²) in [6, 6.07) is 3.99. The summed E-state index contributed by atoms with van der Waals surface area (Å²) < 4.78 is 27.1. The molecule has 1 aromatic carbocycles. The molecule has 10 nitrogen and oxygen atoms in total. The molecular formula is C18H24N6O4S. The van der Waals surface area contributed by atoms with Gasteiger partial charge < -0.3 is 10.6 Å². The van der Waals surface area contributed by atoms with E-state index in [1.165, 1.54) is 16.4 Å². The molecule has 2 aromatic rings. The maximum Gasteiger partial charge on any atom is 0.293 e. The quantitative estimate of drug-likeness (QED) is 0.378. The molecule has 11 heteroatoms. The van der Waals surface area contributed by atoms with E-state index in [0.29, 0.717) is 37.9 Å². The molecule has 3 rings (SSSR count). The Morgan fingerprint density at radius 1 is 1.21 bits per heavy atom. The Balaban J connectivity index is 1.69. The maximum absolute atomic E-state index is 12.9. The molecule has 2 N–H and O–H groups in total. The summed E-state index contributed by atoms with van der Waals surface area (Å²) in [6.07, 6.45) is 6.28. The SMILES string of the molecule is CC1CCN(S(=O)(=O)c2ccc(NCCNc3cnccn3)c([N+](=O)[O-])c2)CC1. The smallest absolute Gasteiger partial charge is 0.293 e. The molecule has 0 aliphatic carbocycles. The molecule has 1 fully saturated rings. The second kappa shape index (κ2) is 9.14.